The van der Waals surface area contributed by atoms with Crippen LogP contribution < -0.4 is 4.74 Å². The van der Waals surface area contributed by atoms with E-state index in [2.05, 4.69) is 22.6 Å². The van der Waals surface area contributed by atoms with Crippen molar-refractivity contribution in [1.82, 2.24) is 0 Å². The predicted octanol–water partition coefficient (Wildman–Crippen LogP) is 2.45. The smallest absolute Gasteiger partial charge is 0.148 e. The van der Waals surface area contributed by atoms with E-state index in [9.17, 15) is 5.11 Å². The van der Waals surface area contributed by atoms with E-state index in [1.54, 1.807) is 0 Å². The Morgan fingerprint density at radius 1 is 1.50 bits per heavy atom. The molecule has 3 heteroatoms. The molecule has 74 valence electrons. The second kappa shape index (κ2) is 3.55. The molecular formula is C11H11IO2. The van der Waals surface area contributed by atoms with Crippen LogP contribution in [0, 0.1) is 3.57 Å². The maximum Gasteiger partial charge on any atom is 0.148 e. The Morgan fingerprint density at radius 2 is 2.29 bits per heavy atom. The Bertz CT molecular complexity index is 387. The maximum atomic E-state index is 9.19. The molecule has 1 aliphatic heterocycles. The molecule has 0 fully saturated rings. The maximum absolute atomic E-state index is 9.19. The van der Waals surface area contributed by atoms with Crippen LogP contribution in [0.1, 0.15) is 12.5 Å². The number of rotatable bonds is 1. The van der Waals surface area contributed by atoms with Gasteiger partial charge >= 0.3 is 0 Å². The van der Waals surface area contributed by atoms with Crippen molar-refractivity contribution in [3.8, 4) is 5.75 Å². The van der Waals surface area contributed by atoms with Crippen LogP contribution in [0.5, 0.6) is 5.75 Å². The summed E-state index contributed by atoms with van der Waals surface area (Å²) in [6.07, 6.45) is 3.89. The molecule has 1 atom stereocenters. The third-order valence-electron chi connectivity index (χ3n) is 2.26. The lowest BCUT2D eigenvalue weighted by Gasteiger charge is -2.30. The summed E-state index contributed by atoms with van der Waals surface area (Å²) < 4.78 is 6.83. The minimum atomic E-state index is -0.575. The summed E-state index contributed by atoms with van der Waals surface area (Å²) in [5.41, 5.74) is 0.497. The molecule has 1 aromatic rings. The van der Waals surface area contributed by atoms with E-state index in [0.29, 0.717) is 0 Å². The Kier molecular flexibility index (Phi) is 2.53. The number of aliphatic hydroxyl groups excluding tert-OH is 1. The van der Waals surface area contributed by atoms with E-state index in [-0.39, 0.29) is 6.61 Å². The van der Waals surface area contributed by atoms with Crippen LogP contribution >= 0.6 is 22.6 Å². The van der Waals surface area contributed by atoms with Crippen molar-refractivity contribution in [2.45, 2.75) is 12.5 Å². The minimum absolute atomic E-state index is 0.00604. The zero-order valence-corrected chi connectivity index (χ0v) is 9.98. The Labute approximate surface area is 96.7 Å². The highest BCUT2D eigenvalue weighted by Gasteiger charge is 2.27. The molecule has 0 unspecified atom stereocenters. The van der Waals surface area contributed by atoms with Crippen molar-refractivity contribution in [3.05, 3.63) is 33.4 Å². The average Bonchev–Trinajstić information content (AvgIpc) is 2.20. The summed E-state index contributed by atoms with van der Waals surface area (Å²) in [5.74, 6) is 0.868. The first-order valence-corrected chi connectivity index (χ1v) is 5.50. The van der Waals surface area contributed by atoms with Crippen LogP contribution in [0.4, 0.5) is 0 Å². The van der Waals surface area contributed by atoms with Gasteiger partial charge in [-0.1, -0.05) is 18.2 Å². The van der Waals surface area contributed by atoms with Crippen molar-refractivity contribution in [2.75, 3.05) is 6.61 Å². The summed E-state index contributed by atoms with van der Waals surface area (Å²) in [6.45, 7) is 1.86. The molecule has 1 aromatic carbocycles. The third-order valence-corrected chi connectivity index (χ3v) is 3.11. The molecule has 0 amide bonds. The van der Waals surface area contributed by atoms with Crippen molar-refractivity contribution in [3.63, 3.8) is 0 Å². The van der Waals surface area contributed by atoms with E-state index in [1.807, 2.05) is 37.3 Å². The van der Waals surface area contributed by atoms with Gasteiger partial charge in [0.25, 0.3) is 0 Å². The van der Waals surface area contributed by atoms with Gasteiger partial charge in [-0.05, 0) is 41.7 Å². The summed E-state index contributed by atoms with van der Waals surface area (Å²) in [4.78, 5) is 0. The summed E-state index contributed by atoms with van der Waals surface area (Å²) >= 11 is 2.24. The number of para-hydroxylation sites is 1. The molecule has 0 radical (unpaired) electrons. The lowest BCUT2D eigenvalue weighted by Crippen LogP contribution is -2.36. The van der Waals surface area contributed by atoms with E-state index in [0.717, 1.165) is 14.9 Å². The summed E-state index contributed by atoms with van der Waals surface area (Å²) in [5, 5.41) is 9.19. The van der Waals surface area contributed by atoms with Crippen LogP contribution in [0.2, 0.25) is 0 Å². The Hall–Kier alpha value is -0.550. The first-order chi connectivity index (χ1) is 6.64. The number of halogens is 1. The van der Waals surface area contributed by atoms with Crippen LogP contribution in [0.25, 0.3) is 6.08 Å². The molecule has 0 saturated heterocycles. The van der Waals surface area contributed by atoms with Gasteiger partial charge in [0, 0.05) is 5.56 Å². The average molecular weight is 302 g/mol. The van der Waals surface area contributed by atoms with Crippen LogP contribution in [0.3, 0.4) is 0 Å². The number of ether oxygens (including phenoxy) is 1. The summed E-state index contributed by atoms with van der Waals surface area (Å²) in [7, 11) is 0. The molecule has 1 aliphatic rings. The van der Waals surface area contributed by atoms with Gasteiger partial charge in [0.15, 0.2) is 0 Å². The molecule has 0 saturated carbocycles. The highest BCUT2D eigenvalue weighted by molar-refractivity contribution is 14.1. The Balaban J connectivity index is 2.47. The van der Waals surface area contributed by atoms with Crippen LogP contribution in [-0.2, 0) is 0 Å². The van der Waals surface area contributed by atoms with Crippen molar-refractivity contribution < 1.29 is 9.84 Å². The number of aliphatic hydroxyl groups is 1. The van der Waals surface area contributed by atoms with Crippen molar-refractivity contribution >= 4 is 28.7 Å². The van der Waals surface area contributed by atoms with Gasteiger partial charge in [0.2, 0.25) is 0 Å². The molecule has 2 nitrogen and oxygen atoms in total. The summed E-state index contributed by atoms with van der Waals surface area (Å²) in [6, 6.07) is 6.00. The molecule has 1 N–H and O–H groups in total. The number of hydrogen-bond donors (Lipinski definition) is 1. The van der Waals surface area contributed by atoms with Gasteiger partial charge in [0.05, 0.1) is 10.2 Å². The molecule has 0 spiro atoms. The fourth-order valence-corrected chi connectivity index (χ4v) is 2.01. The normalized spacial score (nSPS) is 24.2. The number of benzene rings is 1. The van der Waals surface area contributed by atoms with E-state index < -0.39 is 5.60 Å². The molecule has 1 heterocycles. The first-order valence-electron chi connectivity index (χ1n) is 4.42. The molecule has 0 bridgehead atoms. The topological polar surface area (TPSA) is 29.5 Å². The zero-order valence-electron chi connectivity index (χ0n) is 7.83. The van der Waals surface area contributed by atoms with Gasteiger partial charge in [-0.3, -0.25) is 0 Å². The van der Waals surface area contributed by atoms with E-state index >= 15 is 0 Å². The highest BCUT2D eigenvalue weighted by Crippen LogP contribution is 2.34. The fraction of sp³-hybridized carbons (Fsp3) is 0.273. The minimum Gasteiger partial charge on any atom is -0.479 e. The molecule has 0 aromatic heterocycles. The van der Waals surface area contributed by atoms with E-state index in [4.69, 9.17) is 4.74 Å². The standard InChI is InChI=1S/C11H11IO2/c1-11(7-13)6-5-8-3-2-4-9(12)10(8)14-11/h2-6,13H,7H2,1H3/t11-/m0/s1. The second-order valence-corrected chi connectivity index (χ2v) is 4.73. The van der Waals surface area contributed by atoms with Gasteiger partial charge in [-0.25, -0.2) is 0 Å². The Morgan fingerprint density at radius 3 is 3.00 bits per heavy atom. The predicted molar refractivity (Wildman–Crippen MR) is 64.3 cm³/mol. The number of hydrogen-bond acceptors (Lipinski definition) is 2. The van der Waals surface area contributed by atoms with Crippen LogP contribution in [-0.4, -0.2) is 17.3 Å². The van der Waals surface area contributed by atoms with Crippen LogP contribution in [0.15, 0.2) is 24.3 Å². The van der Waals surface area contributed by atoms with Crippen molar-refractivity contribution in [2.24, 2.45) is 0 Å². The molecule has 0 aliphatic carbocycles. The van der Waals surface area contributed by atoms with Gasteiger partial charge in [-0.15, -0.1) is 0 Å². The molecular weight excluding hydrogens is 291 g/mol. The fourth-order valence-electron chi connectivity index (χ4n) is 1.38. The largest absolute Gasteiger partial charge is 0.479 e. The monoisotopic (exact) mass is 302 g/mol. The highest BCUT2D eigenvalue weighted by atomic mass is 127. The third kappa shape index (κ3) is 1.66. The lowest BCUT2D eigenvalue weighted by atomic mass is 10.0. The molecule has 2 rings (SSSR count). The SMILES string of the molecule is C[C@@]1(CO)C=Cc2cccc(I)c2O1. The first kappa shape index (κ1) is 9.98. The zero-order chi connectivity index (χ0) is 10.2. The van der Waals surface area contributed by atoms with Crippen molar-refractivity contribution in [1.29, 1.82) is 0 Å². The quantitative estimate of drug-likeness (QED) is 0.808. The van der Waals surface area contributed by atoms with Gasteiger partial charge in [-0.2, -0.15) is 0 Å². The number of fused-ring (bicyclic) bond motifs is 1. The molecule has 14 heavy (non-hydrogen) atoms. The second-order valence-electron chi connectivity index (χ2n) is 3.56. The lowest BCUT2D eigenvalue weighted by molar-refractivity contribution is 0.0633. The van der Waals surface area contributed by atoms with E-state index in [1.165, 1.54) is 0 Å². The van der Waals surface area contributed by atoms with Gasteiger partial charge < -0.3 is 9.84 Å². The van der Waals surface area contributed by atoms with Gasteiger partial charge in [0.1, 0.15) is 11.4 Å².